The van der Waals surface area contributed by atoms with E-state index in [2.05, 4.69) is 65.2 Å². The van der Waals surface area contributed by atoms with Gasteiger partial charge in [0, 0.05) is 0 Å². The first-order valence-electron chi connectivity index (χ1n) is 5.69. The van der Waals surface area contributed by atoms with Crippen LogP contribution in [-0.2, 0) is 43.1 Å². The summed E-state index contributed by atoms with van der Waals surface area (Å²) in [4.78, 5) is 45.3. The number of hydrogen-bond donors (Lipinski definition) is 6. The van der Waals surface area contributed by atoms with E-state index in [-0.39, 0.29) is 19.5 Å². The Hall–Kier alpha value is 1.68. The largest absolute Gasteiger partial charge is 2.00 e. The van der Waals surface area contributed by atoms with Gasteiger partial charge >= 0.3 is 32.9 Å². The fraction of sp³-hybridized carbons (Fsp3) is 0.800. The molecule has 0 spiro atoms. The minimum absolute atomic E-state index is 0. The molecule has 0 radical (unpaired) electrons. The van der Waals surface area contributed by atoms with Gasteiger partial charge in [0.2, 0.25) is 0 Å². The Bertz CT molecular complexity index is 236. The van der Waals surface area contributed by atoms with Gasteiger partial charge in [-0.05, 0) is 23.6 Å². The second-order valence-corrected chi connectivity index (χ2v) is 9.38. The summed E-state index contributed by atoms with van der Waals surface area (Å²) in [6.45, 7) is 8.40. The molecule has 0 saturated carbocycles. The fourth-order valence-corrected chi connectivity index (χ4v) is 0. The Labute approximate surface area is 151 Å². The molecule has 0 aliphatic heterocycles. The van der Waals surface area contributed by atoms with Crippen LogP contribution in [0, 0.1) is 25.7 Å². The monoisotopic (exact) mass is 434 g/mol. The van der Waals surface area contributed by atoms with Gasteiger partial charge in [0.1, 0.15) is 0 Å². The zero-order valence-electron chi connectivity index (χ0n) is 13.1. The molecule has 0 atom stereocenters. The Morgan fingerprint density at radius 3 is 0.762 bits per heavy atom. The van der Waals surface area contributed by atoms with Crippen LogP contribution in [0.4, 0.5) is 0 Å². The van der Waals surface area contributed by atoms with Crippen molar-refractivity contribution in [1.29, 1.82) is 0 Å². The van der Waals surface area contributed by atoms with Crippen LogP contribution in [0.2, 0.25) is 0 Å². The average molecular weight is 436 g/mol. The van der Waals surface area contributed by atoms with Crippen molar-refractivity contribution < 1.29 is 48.8 Å². The van der Waals surface area contributed by atoms with Crippen molar-refractivity contribution in [3.63, 3.8) is 0 Å². The van der Waals surface area contributed by atoms with Gasteiger partial charge in [-0.2, -0.15) is 12.8 Å². The molecule has 0 aliphatic carbocycles. The predicted molar refractivity (Wildman–Crippen MR) is 91.5 cm³/mol. The van der Waals surface area contributed by atoms with Gasteiger partial charge in [0.15, 0.2) is 0 Å². The van der Waals surface area contributed by atoms with Crippen molar-refractivity contribution in [3.8, 4) is 0 Å². The Kier molecular flexibility index (Phi) is 32.0. The van der Waals surface area contributed by atoms with Gasteiger partial charge < -0.3 is 43.2 Å². The van der Waals surface area contributed by atoms with E-state index >= 15 is 0 Å². The molecule has 0 rings (SSSR count). The summed E-state index contributed by atoms with van der Waals surface area (Å²) in [6.07, 6.45) is 2.11. The van der Waals surface area contributed by atoms with Crippen LogP contribution < -0.4 is 0 Å². The fourth-order valence-electron chi connectivity index (χ4n) is 0. The van der Waals surface area contributed by atoms with Crippen molar-refractivity contribution in [2.75, 3.05) is 0 Å². The molecule has 0 unspecified atom stereocenters. The van der Waals surface area contributed by atoms with Crippen molar-refractivity contribution in [1.82, 2.24) is 0 Å². The summed E-state index contributed by atoms with van der Waals surface area (Å²) in [7, 11) is 0. The Balaban J connectivity index is -0.0000000533. The quantitative estimate of drug-likeness (QED) is 0.221. The normalized spacial score (nSPS) is 10.2. The minimum atomic E-state index is -3.81. The molecule has 0 aromatic carbocycles. The van der Waals surface area contributed by atoms with Crippen molar-refractivity contribution >= 4 is 37.1 Å². The first-order valence-corrected chi connectivity index (χ1v) is 11.0. The molecule has 0 heterocycles. The second kappa shape index (κ2) is 19.7. The molecule has 0 aliphatic rings. The smallest absolute Gasteiger partial charge is 0.343 e. The molecule has 0 saturated heterocycles. The molecule has 6 nitrogen and oxygen atoms in total. The standard InChI is InChI=1S/2C5H11.2H3O3PS.Zn/c2*1-4-5(2)3;2*1-4(2,3)5;/h2*5H,1,4H2,2-3H3;2*(H3,1,2,3,5);/q2*-1;;;+2. The summed E-state index contributed by atoms with van der Waals surface area (Å²) in [5.41, 5.74) is 0. The molecule has 0 fully saturated rings. The van der Waals surface area contributed by atoms with Gasteiger partial charge in [-0.1, -0.05) is 39.5 Å². The van der Waals surface area contributed by atoms with Crippen LogP contribution in [0.25, 0.3) is 0 Å². The maximum Gasteiger partial charge on any atom is 2.00 e. The zero-order valence-corrected chi connectivity index (χ0v) is 19.5. The SMILES string of the molecule is OP(O)(O)=S.OP(O)(O)=S.[CH2-]CC(C)C.[CH2-]CC(C)C.[Zn+2]. The van der Waals surface area contributed by atoms with Crippen LogP contribution in [0.5, 0.6) is 0 Å². The molecule has 6 N–H and O–H groups in total. The first kappa shape index (κ1) is 34.1. The topological polar surface area (TPSA) is 121 Å². The van der Waals surface area contributed by atoms with Gasteiger partial charge in [0.25, 0.3) is 0 Å². The van der Waals surface area contributed by atoms with E-state index in [0.717, 1.165) is 24.7 Å². The maximum absolute atomic E-state index is 7.56. The van der Waals surface area contributed by atoms with E-state index in [1.54, 1.807) is 0 Å². The van der Waals surface area contributed by atoms with Gasteiger partial charge in [-0.15, -0.1) is 0 Å². The van der Waals surface area contributed by atoms with E-state index in [1.807, 2.05) is 0 Å². The summed E-state index contributed by atoms with van der Waals surface area (Å²) >= 11 is 7.21. The summed E-state index contributed by atoms with van der Waals surface area (Å²) in [6, 6.07) is 0. The van der Waals surface area contributed by atoms with Crippen LogP contribution >= 0.6 is 13.4 Å². The molecular weight excluding hydrogens is 408 g/mol. The van der Waals surface area contributed by atoms with Crippen molar-refractivity contribution in [2.24, 2.45) is 11.8 Å². The third kappa shape index (κ3) is 260. The third-order valence-electron chi connectivity index (χ3n) is 1.15. The number of rotatable bonds is 2. The summed E-state index contributed by atoms with van der Waals surface area (Å²) in [5, 5.41) is 0. The predicted octanol–water partition coefficient (Wildman–Crippen LogP) is 2.11. The molecule has 0 aromatic rings. The van der Waals surface area contributed by atoms with E-state index in [0.29, 0.717) is 0 Å². The molecular formula is C10H28O6P2S2Zn. The van der Waals surface area contributed by atoms with E-state index in [4.69, 9.17) is 29.4 Å². The van der Waals surface area contributed by atoms with Gasteiger partial charge in [-0.25, -0.2) is 0 Å². The minimum Gasteiger partial charge on any atom is -0.343 e. The molecule has 0 bridgehead atoms. The van der Waals surface area contributed by atoms with Gasteiger partial charge in [0.05, 0.1) is 0 Å². The van der Waals surface area contributed by atoms with E-state index < -0.39 is 13.4 Å². The molecule has 0 amide bonds. The average Bonchev–Trinajstić information content (AvgIpc) is 2.13. The van der Waals surface area contributed by atoms with E-state index in [1.165, 1.54) is 0 Å². The van der Waals surface area contributed by atoms with Gasteiger partial charge in [-0.3, -0.25) is 0 Å². The van der Waals surface area contributed by atoms with Crippen LogP contribution in [0.15, 0.2) is 0 Å². The van der Waals surface area contributed by atoms with Crippen LogP contribution in [0.3, 0.4) is 0 Å². The van der Waals surface area contributed by atoms with Crippen molar-refractivity contribution in [3.05, 3.63) is 13.8 Å². The molecule has 128 valence electrons. The Morgan fingerprint density at radius 1 is 0.714 bits per heavy atom. The molecule has 11 heteroatoms. The zero-order chi connectivity index (χ0) is 17.6. The second-order valence-electron chi connectivity index (χ2n) is 4.39. The summed E-state index contributed by atoms with van der Waals surface area (Å²) < 4.78 is 0. The maximum atomic E-state index is 7.56. The third-order valence-corrected chi connectivity index (χ3v) is 1.15. The first-order chi connectivity index (χ1) is 8.54. The van der Waals surface area contributed by atoms with Crippen molar-refractivity contribution in [2.45, 2.75) is 40.5 Å². The van der Waals surface area contributed by atoms with Crippen LogP contribution in [-0.4, -0.2) is 29.4 Å². The molecule has 21 heavy (non-hydrogen) atoms. The molecule has 0 aromatic heterocycles. The van der Waals surface area contributed by atoms with E-state index in [9.17, 15) is 0 Å². The van der Waals surface area contributed by atoms with Crippen LogP contribution in [0.1, 0.15) is 40.5 Å². The Morgan fingerprint density at radius 2 is 0.762 bits per heavy atom. The summed E-state index contributed by atoms with van der Waals surface area (Å²) in [5.74, 6) is 1.55. The number of hydrogen-bond acceptors (Lipinski definition) is 2.